The normalized spacial score (nSPS) is 18.3. The molecule has 0 spiro atoms. The molecule has 1 saturated heterocycles. The van der Waals surface area contributed by atoms with E-state index in [0.717, 1.165) is 4.90 Å². The Morgan fingerprint density at radius 1 is 1.15 bits per heavy atom. The number of carboxylic acids is 1. The number of fused-ring (bicyclic) bond motifs is 1. The second-order valence-electron chi connectivity index (χ2n) is 8.25. The molecule has 1 fully saturated rings. The molecular weight excluding hydrogens is 595 g/mol. The number of hydrogen-bond acceptors (Lipinski definition) is 9. The van der Waals surface area contributed by atoms with Gasteiger partial charge in [-0.25, -0.2) is 9.48 Å². The second-order valence-corrected chi connectivity index (χ2v) is 10.6. The molecule has 0 bridgehead atoms. The molecule has 1 aromatic heterocycles. The predicted molar refractivity (Wildman–Crippen MR) is 141 cm³/mol. The van der Waals surface area contributed by atoms with E-state index in [-0.39, 0.29) is 46.1 Å². The van der Waals surface area contributed by atoms with Gasteiger partial charge in [0, 0.05) is 16.3 Å². The molecule has 2 N–H and O–H groups in total. The molecule has 5 rings (SSSR count). The highest BCUT2D eigenvalue weighted by Gasteiger charge is 2.54. The highest BCUT2D eigenvalue weighted by Crippen LogP contribution is 2.43. The van der Waals surface area contributed by atoms with Crippen molar-refractivity contribution < 1.29 is 29.0 Å². The number of carboxylic acid groups (broad SMARTS) is 1. The molecule has 3 heterocycles. The van der Waals surface area contributed by atoms with Gasteiger partial charge in [-0.3, -0.25) is 14.5 Å². The van der Waals surface area contributed by atoms with Crippen molar-refractivity contribution in [2.75, 3.05) is 12.4 Å². The van der Waals surface area contributed by atoms with Crippen molar-refractivity contribution in [2.24, 2.45) is 0 Å². The quantitative estimate of drug-likeness (QED) is 0.345. The number of carbonyl (C=O) groups excluding carboxylic acids is 2. The topological polar surface area (TPSA) is 149 Å². The third-order valence-corrected chi connectivity index (χ3v) is 7.87. The maximum absolute atomic E-state index is 12.9. The number of tetrazole rings is 1. The van der Waals surface area contributed by atoms with Gasteiger partial charge in [0.1, 0.15) is 42.3 Å². The Balaban J connectivity index is 1.31. The number of thioether (sulfide) groups is 1. The monoisotopic (exact) mass is 610 g/mol. The van der Waals surface area contributed by atoms with Crippen LogP contribution in [-0.4, -0.2) is 71.8 Å². The molecule has 3 aromatic rings. The van der Waals surface area contributed by atoms with Crippen molar-refractivity contribution in [3.8, 4) is 17.2 Å². The summed E-state index contributed by atoms with van der Waals surface area (Å²) in [5, 5.41) is 23.4. The molecule has 0 aliphatic carbocycles. The first-order valence-electron chi connectivity index (χ1n) is 11.2. The number of hydrogen-bond donors (Lipinski definition) is 2. The molecule has 202 valence electrons. The number of aromatic nitrogens is 4. The van der Waals surface area contributed by atoms with Gasteiger partial charge in [0.25, 0.3) is 5.91 Å². The van der Waals surface area contributed by atoms with Gasteiger partial charge in [0.05, 0.1) is 10.0 Å². The number of amides is 2. The molecule has 1 unspecified atom stereocenters. The van der Waals surface area contributed by atoms with Gasteiger partial charge in [0.15, 0.2) is 11.5 Å². The summed E-state index contributed by atoms with van der Waals surface area (Å²) in [6.07, 6.45) is 1.27. The van der Waals surface area contributed by atoms with Gasteiger partial charge in [-0.05, 0) is 40.8 Å². The van der Waals surface area contributed by atoms with E-state index in [1.165, 1.54) is 28.8 Å². The summed E-state index contributed by atoms with van der Waals surface area (Å²) in [4.78, 5) is 38.5. The predicted octanol–water partition coefficient (Wildman–Crippen LogP) is 3.24. The zero-order valence-corrected chi connectivity index (χ0v) is 22.7. The van der Waals surface area contributed by atoms with Crippen molar-refractivity contribution in [1.29, 1.82) is 0 Å². The largest absolute Gasteiger partial charge is 0.485 e. The van der Waals surface area contributed by atoms with Gasteiger partial charge in [-0.1, -0.05) is 40.9 Å². The minimum atomic E-state index is -1.29. The van der Waals surface area contributed by atoms with Crippen LogP contribution >= 0.6 is 46.6 Å². The molecule has 39 heavy (non-hydrogen) atoms. The lowest BCUT2D eigenvalue weighted by atomic mass is 10.0. The van der Waals surface area contributed by atoms with E-state index in [9.17, 15) is 19.5 Å². The van der Waals surface area contributed by atoms with E-state index in [1.54, 1.807) is 30.3 Å². The van der Waals surface area contributed by atoms with Gasteiger partial charge in [-0.15, -0.1) is 16.9 Å². The number of para-hydroxylation sites is 1. The van der Waals surface area contributed by atoms with Crippen LogP contribution in [0.3, 0.4) is 0 Å². The van der Waals surface area contributed by atoms with Crippen molar-refractivity contribution in [3.63, 3.8) is 0 Å². The van der Waals surface area contributed by atoms with Crippen molar-refractivity contribution in [2.45, 2.75) is 18.0 Å². The van der Waals surface area contributed by atoms with Crippen LogP contribution in [0.15, 0.2) is 54.0 Å². The first-order chi connectivity index (χ1) is 18.7. The smallest absolute Gasteiger partial charge is 0.352 e. The molecule has 2 aliphatic heterocycles. The Hall–Kier alpha value is -3.52. The molecule has 2 aromatic carbocycles. The average Bonchev–Trinajstić information content (AvgIpc) is 3.41. The van der Waals surface area contributed by atoms with Crippen molar-refractivity contribution in [1.82, 2.24) is 30.4 Å². The fraction of sp³-hybridized carbons (Fsp3) is 0.217. The maximum atomic E-state index is 12.9. The van der Waals surface area contributed by atoms with E-state index in [4.69, 9.17) is 44.3 Å². The summed E-state index contributed by atoms with van der Waals surface area (Å²) in [6, 6.07) is 8.67. The number of nitrogens with one attached hydrogen (secondary N) is 1. The summed E-state index contributed by atoms with van der Waals surface area (Å²) >= 11 is 19.8. The van der Waals surface area contributed by atoms with Gasteiger partial charge in [-0.2, -0.15) is 0 Å². The third kappa shape index (κ3) is 5.62. The number of carbonyl (C=O) groups is 3. The van der Waals surface area contributed by atoms with E-state index in [0.29, 0.717) is 16.3 Å². The fourth-order valence-electron chi connectivity index (χ4n) is 3.95. The number of benzene rings is 2. The summed E-state index contributed by atoms with van der Waals surface area (Å²) in [6.45, 7) is -0.341. The van der Waals surface area contributed by atoms with Crippen LogP contribution < -0.4 is 14.8 Å². The minimum Gasteiger partial charge on any atom is -0.485 e. The number of ether oxygens (including phenoxy) is 2. The highest BCUT2D eigenvalue weighted by atomic mass is 35.5. The van der Waals surface area contributed by atoms with Crippen LogP contribution in [0.4, 0.5) is 0 Å². The SMILES string of the molecule is O=C(Cn1cnnn1)NC1C(=O)N2C(C(=O)O)=C(COc3cccc(Cl)c3Oc3ccc(Cl)cc3Cl)CS[C@@H]12. The van der Waals surface area contributed by atoms with Crippen LogP contribution in [0.2, 0.25) is 15.1 Å². The van der Waals surface area contributed by atoms with Gasteiger partial charge < -0.3 is 19.9 Å². The number of aliphatic carboxylic acids is 1. The van der Waals surface area contributed by atoms with Crippen LogP contribution in [0.1, 0.15) is 0 Å². The number of β-lactam (4-membered cyclic amide) rings is 1. The molecule has 12 nitrogen and oxygen atoms in total. The fourth-order valence-corrected chi connectivity index (χ4v) is 5.93. The number of rotatable bonds is 9. The summed E-state index contributed by atoms with van der Waals surface area (Å²) in [7, 11) is 0. The van der Waals surface area contributed by atoms with Gasteiger partial charge in [0.2, 0.25) is 5.91 Å². The minimum absolute atomic E-state index is 0.160. The summed E-state index contributed by atoms with van der Waals surface area (Å²) in [5.74, 6) is -1.37. The molecule has 0 saturated carbocycles. The second kappa shape index (κ2) is 11.3. The molecule has 0 radical (unpaired) electrons. The molecule has 2 atom stereocenters. The summed E-state index contributed by atoms with van der Waals surface area (Å²) < 4.78 is 13.0. The van der Waals surface area contributed by atoms with E-state index in [2.05, 4.69) is 20.8 Å². The van der Waals surface area contributed by atoms with Crippen LogP contribution in [0.5, 0.6) is 17.2 Å². The third-order valence-electron chi connectivity index (χ3n) is 5.70. The van der Waals surface area contributed by atoms with Crippen LogP contribution in [-0.2, 0) is 20.9 Å². The van der Waals surface area contributed by atoms with Crippen LogP contribution in [0, 0.1) is 0 Å². The summed E-state index contributed by atoms with van der Waals surface area (Å²) in [5.41, 5.74) is 0.172. The van der Waals surface area contributed by atoms with E-state index in [1.807, 2.05) is 0 Å². The lowest BCUT2D eigenvalue weighted by Gasteiger charge is -2.49. The van der Waals surface area contributed by atoms with E-state index < -0.39 is 29.2 Å². The van der Waals surface area contributed by atoms with Crippen molar-refractivity contribution >= 4 is 64.3 Å². The van der Waals surface area contributed by atoms with Crippen LogP contribution in [0.25, 0.3) is 0 Å². The Bertz CT molecular complexity index is 1490. The first-order valence-corrected chi connectivity index (χ1v) is 13.4. The Kier molecular flexibility index (Phi) is 7.84. The molecular formula is C23H17Cl3N6O6S. The lowest BCUT2D eigenvalue weighted by Crippen LogP contribution is -2.70. The van der Waals surface area contributed by atoms with E-state index >= 15 is 0 Å². The number of halogens is 3. The van der Waals surface area contributed by atoms with Crippen molar-refractivity contribution in [3.05, 3.63) is 69.1 Å². The maximum Gasteiger partial charge on any atom is 0.352 e. The Morgan fingerprint density at radius 3 is 2.69 bits per heavy atom. The standard InChI is InChI=1S/C23H17Cl3N6O6S/c24-12-4-5-15(14(26)6-12)38-20-13(25)2-1-3-16(20)37-8-11-9-39-22-18(21(34)32(22)19(11)23(35)36)28-17(33)7-31-10-27-29-30-31/h1-6,10,18,22H,7-9H2,(H,28,33)(H,35,36)/t18?,22-/m0/s1. The number of nitrogens with zero attached hydrogens (tertiary/aromatic N) is 5. The lowest BCUT2D eigenvalue weighted by molar-refractivity contribution is -0.150. The average molecular weight is 612 g/mol. The zero-order valence-electron chi connectivity index (χ0n) is 19.6. The molecule has 2 aliphatic rings. The molecule has 16 heteroatoms. The molecule has 2 amide bonds. The first kappa shape index (κ1) is 27.1. The Labute approximate surface area is 239 Å². The van der Waals surface area contributed by atoms with Gasteiger partial charge >= 0.3 is 5.97 Å². The highest BCUT2D eigenvalue weighted by molar-refractivity contribution is 8.00. The zero-order chi connectivity index (χ0) is 27.7. The Morgan fingerprint density at radius 2 is 1.97 bits per heavy atom.